The first-order valence-electron chi connectivity index (χ1n) is 7.88. The van der Waals surface area contributed by atoms with Crippen molar-refractivity contribution in [1.82, 2.24) is 14.7 Å². The third-order valence-corrected chi connectivity index (χ3v) is 4.00. The van der Waals surface area contributed by atoms with Crippen LogP contribution in [0, 0.1) is 18.3 Å². The second kappa shape index (κ2) is 7.27. The normalized spacial score (nSPS) is 15.3. The van der Waals surface area contributed by atoms with Gasteiger partial charge in [0.25, 0.3) is 0 Å². The molecule has 0 bridgehead atoms. The molecule has 6 heteroatoms. The Hall–Kier alpha value is -2.36. The number of morpholine rings is 1. The quantitative estimate of drug-likeness (QED) is 0.912. The molecular formula is C17H21N5O. The molecule has 1 fully saturated rings. The Morgan fingerprint density at radius 3 is 2.70 bits per heavy atom. The molecule has 0 saturated carbocycles. The van der Waals surface area contributed by atoms with E-state index >= 15 is 0 Å². The maximum absolute atomic E-state index is 9.44. The van der Waals surface area contributed by atoms with Crippen LogP contribution in [-0.2, 0) is 4.74 Å². The zero-order chi connectivity index (χ0) is 16.1. The number of aryl methyl sites for hydroxylation is 1. The Kier molecular flexibility index (Phi) is 4.91. The molecule has 0 radical (unpaired) electrons. The van der Waals surface area contributed by atoms with Crippen molar-refractivity contribution in [2.45, 2.75) is 6.92 Å². The highest BCUT2D eigenvalue weighted by atomic mass is 16.5. The predicted octanol–water partition coefficient (Wildman–Crippen LogP) is 1.80. The van der Waals surface area contributed by atoms with Gasteiger partial charge in [-0.2, -0.15) is 10.4 Å². The lowest BCUT2D eigenvalue weighted by molar-refractivity contribution is 0.0398. The average Bonchev–Trinajstić information content (AvgIpc) is 2.92. The van der Waals surface area contributed by atoms with Crippen LogP contribution in [0.15, 0.2) is 30.3 Å². The van der Waals surface area contributed by atoms with E-state index in [4.69, 9.17) is 4.74 Å². The number of hydrogen-bond acceptors (Lipinski definition) is 5. The van der Waals surface area contributed by atoms with Crippen LogP contribution in [-0.4, -0.2) is 54.1 Å². The van der Waals surface area contributed by atoms with Gasteiger partial charge in [0.1, 0.15) is 17.5 Å². The molecule has 0 spiro atoms. The maximum Gasteiger partial charge on any atom is 0.148 e. The Morgan fingerprint density at radius 2 is 2.00 bits per heavy atom. The summed E-state index contributed by atoms with van der Waals surface area (Å²) in [4.78, 5) is 2.36. The van der Waals surface area contributed by atoms with E-state index in [2.05, 4.69) is 21.4 Å². The second-order valence-corrected chi connectivity index (χ2v) is 5.55. The molecule has 1 N–H and O–H groups in total. The molecular weight excluding hydrogens is 290 g/mol. The molecule has 23 heavy (non-hydrogen) atoms. The van der Waals surface area contributed by atoms with Crippen LogP contribution >= 0.6 is 0 Å². The van der Waals surface area contributed by atoms with Gasteiger partial charge in [0.2, 0.25) is 0 Å². The number of nitrogens with zero attached hydrogens (tertiary/aromatic N) is 4. The first kappa shape index (κ1) is 15.5. The maximum atomic E-state index is 9.44. The molecule has 2 heterocycles. The van der Waals surface area contributed by atoms with Gasteiger partial charge in [-0.25, -0.2) is 4.68 Å². The third-order valence-electron chi connectivity index (χ3n) is 4.00. The van der Waals surface area contributed by atoms with Gasteiger partial charge >= 0.3 is 0 Å². The number of anilines is 1. The van der Waals surface area contributed by atoms with Gasteiger partial charge < -0.3 is 10.1 Å². The van der Waals surface area contributed by atoms with Crippen LogP contribution in [0.2, 0.25) is 0 Å². The van der Waals surface area contributed by atoms with E-state index in [1.807, 2.05) is 41.9 Å². The molecule has 1 saturated heterocycles. The fourth-order valence-electron chi connectivity index (χ4n) is 2.74. The van der Waals surface area contributed by atoms with Gasteiger partial charge in [0, 0.05) is 26.2 Å². The lowest BCUT2D eigenvalue weighted by Gasteiger charge is -2.26. The minimum absolute atomic E-state index is 0.607. The molecule has 1 aromatic heterocycles. The number of nitrogens with one attached hydrogen (secondary N) is 1. The highest BCUT2D eigenvalue weighted by Gasteiger charge is 2.16. The number of hydrogen-bond donors (Lipinski definition) is 1. The minimum Gasteiger partial charge on any atom is -0.379 e. The summed E-state index contributed by atoms with van der Waals surface area (Å²) in [7, 11) is 0. The molecule has 0 unspecified atom stereocenters. The molecule has 1 aromatic carbocycles. The Balaban J connectivity index is 1.76. The topological polar surface area (TPSA) is 66.1 Å². The molecule has 0 atom stereocenters. The van der Waals surface area contributed by atoms with E-state index in [1.54, 1.807) is 0 Å². The lowest BCUT2D eigenvalue weighted by Crippen LogP contribution is -2.39. The first-order chi connectivity index (χ1) is 11.3. The van der Waals surface area contributed by atoms with Gasteiger partial charge in [0.15, 0.2) is 0 Å². The third kappa shape index (κ3) is 3.52. The van der Waals surface area contributed by atoms with Crippen molar-refractivity contribution in [2.24, 2.45) is 0 Å². The van der Waals surface area contributed by atoms with Crippen molar-refractivity contribution < 1.29 is 4.74 Å². The highest BCUT2D eigenvalue weighted by Crippen LogP contribution is 2.22. The van der Waals surface area contributed by atoms with Crippen LogP contribution in [0.5, 0.6) is 0 Å². The van der Waals surface area contributed by atoms with Crippen molar-refractivity contribution in [3.05, 3.63) is 41.6 Å². The van der Waals surface area contributed by atoms with Crippen molar-refractivity contribution in [2.75, 3.05) is 44.7 Å². The standard InChI is InChI=1S/C17H21N5O/c1-14-16(13-18)17(19-7-8-21-9-11-23-12-10-21)22(20-14)15-5-3-2-4-6-15/h2-6,19H,7-12H2,1H3. The van der Waals surface area contributed by atoms with Gasteiger partial charge in [-0.1, -0.05) is 18.2 Å². The van der Waals surface area contributed by atoms with Crippen molar-refractivity contribution in [3.63, 3.8) is 0 Å². The van der Waals surface area contributed by atoms with Gasteiger partial charge in [-0.15, -0.1) is 0 Å². The van der Waals surface area contributed by atoms with E-state index in [0.717, 1.165) is 56.6 Å². The number of aromatic nitrogens is 2. The van der Waals surface area contributed by atoms with E-state index in [9.17, 15) is 5.26 Å². The van der Waals surface area contributed by atoms with E-state index in [-0.39, 0.29) is 0 Å². The molecule has 2 aromatic rings. The summed E-state index contributed by atoms with van der Waals surface area (Å²) in [5.41, 5.74) is 2.30. The molecule has 6 nitrogen and oxygen atoms in total. The van der Waals surface area contributed by atoms with Crippen molar-refractivity contribution >= 4 is 5.82 Å². The number of benzene rings is 1. The van der Waals surface area contributed by atoms with Crippen LogP contribution < -0.4 is 5.32 Å². The Labute approximate surface area is 136 Å². The summed E-state index contributed by atoms with van der Waals surface area (Å²) in [6.45, 7) is 7.08. The molecule has 0 aliphatic carbocycles. The number of para-hydroxylation sites is 1. The van der Waals surface area contributed by atoms with Crippen molar-refractivity contribution in [1.29, 1.82) is 5.26 Å². The summed E-state index contributed by atoms with van der Waals surface area (Å²) in [5, 5.41) is 17.3. The molecule has 120 valence electrons. The minimum atomic E-state index is 0.607. The molecule has 0 amide bonds. The molecule has 3 rings (SSSR count). The second-order valence-electron chi connectivity index (χ2n) is 5.55. The van der Waals surface area contributed by atoms with Crippen molar-refractivity contribution in [3.8, 4) is 11.8 Å². The monoisotopic (exact) mass is 311 g/mol. The van der Waals surface area contributed by atoms with E-state index in [0.29, 0.717) is 5.56 Å². The van der Waals surface area contributed by atoms with E-state index < -0.39 is 0 Å². The molecule has 1 aliphatic heterocycles. The lowest BCUT2D eigenvalue weighted by atomic mass is 10.2. The fourth-order valence-corrected chi connectivity index (χ4v) is 2.74. The Morgan fingerprint density at radius 1 is 1.26 bits per heavy atom. The van der Waals surface area contributed by atoms with E-state index in [1.165, 1.54) is 0 Å². The summed E-state index contributed by atoms with van der Waals surface area (Å²) in [5.74, 6) is 0.768. The average molecular weight is 311 g/mol. The number of rotatable bonds is 5. The zero-order valence-corrected chi connectivity index (χ0v) is 13.3. The Bertz CT molecular complexity index is 683. The smallest absolute Gasteiger partial charge is 0.148 e. The summed E-state index contributed by atoms with van der Waals surface area (Å²) >= 11 is 0. The number of nitriles is 1. The predicted molar refractivity (Wildman–Crippen MR) is 88.8 cm³/mol. The van der Waals surface area contributed by atoms with Crippen LogP contribution in [0.1, 0.15) is 11.3 Å². The van der Waals surface area contributed by atoms with Gasteiger partial charge in [-0.3, -0.25) is 4.90 Å². The van der Waals surface area contributed by atoms with Gasteiger partial charge in [-0.05, 0) is 19.1 Å². The summed E-state index contributed by atoms with van der Waals surface area (Å²) in [6.07, 6.45) is 0. The highest BCUT2D eigenvalue weighted by molar-refractivity contribution is 5.58. The largest absolute Gasteiger partial charge is 0.379 e. The first-order valence-corrected chi connectivity index (χ1v) is 7.88. The van der Waals surface area contributed by atoms with Crippen LogP contribution in [0.4, 0.5) is 5.82 Å². The van der Waals surface area contributed by atoms with Crippen LogP contribution in [0.3, 0.4) is 0 Å². The number of ether oxygens (including phenoxy) is 1. The van der Waals surface area contributed by atoms with Gasteiger partial charge in [0.05, 0.1) is 24.6 Å². The SMILES string of the molecule is Cc1nn(-c2ccccc2)c(NCCN2CCOCC2)c1C#N. The fraction of sp³-hybridized carbons (Fsp3) is 0.412. The molecule has 1 aliphatic rings. The summed E-state index contributed by atoms with van der Waals surface area (Å²) < 4.78 is 7.17. The summed E-state index contributed by atoms with van der Waals surface area (Å²) in [6, 6.07) is 12.1. The zero-order valence-electron chi connectivity index (χ0n) is 13.3. The van der Waals surface area contributed by atoms with Crippen LogP contribution in [0.25, 0.3) is 5.69 Å².